The Kier molecular flexibility index (Phi) is 4.61. The highest BCUT2D eigenvalue weighted by Crippen LogP contribution is 2.35. The van der Waals surface area contributed by atoms with E-state index in [1.54, 1.807) is 18.2 Å². The molecule has 7 nitrogen and oxygen atoms in total. The molecular formula is C18H15F3N4O3S. The molecule has 0 saturated carbocycles. The molecular weight excluding hydrogens is 409 g/mol. The van der Waals surface area contributed by atoms with Crippen LogP contribution in [0.2, 0.25) is 0 Å². The van der Waals surface area contributed by atoms with Crippen molar-refractivity contribution in [1.82, 2.24) is 9.55 Å². The van der Waals surface area contributed by atoms with Gasteiger partial charge in [-0.1, -0.05) is 0 Å². The molecule has 3 aromatic rings. The Hall–Kier alpha value is -3.21. The summed E-state index contributed by atoms with van der Waals surface area (Å²) < 4.78 is 47.7. The summed E-state index contributed by atoms with van der Waals surface area (Å²) in [5.41, 5.74) is 2.47. The molecule has 0 fully saturated rings. The fraction of sp³-hybridized carbons (Fsp3) is 0.167. The number of hydrogen-bond acceptors (Lipinski definition) is 6. The molecule has 4 rings (SSSR count). The van der Waals surface area contributed by atoms with Crippen LogP contribution in [0.4, 0.5) is 24.8 Å². The molecule has 0 amide bonds. The molecule has 0 saturated heterocycles. The molecule has 1 aliphatic rings. The van der Waals surface area contributed by atoms with Gasteiger partial charge in [0.15, 0.2) is 0 Å². The van der Waals surface area contributed by atoms with Crippen LogP contribution in [-0.4, -0.2) is 34.1 Å². The first-order valence-electron chi connectivity index (χ1n) is 8.31. The van der Waals surface area contributed by atoms with Crippen LogP contribution in [-0.2, 0) is 11.8 Å². The van der Waals surface area contributed by atoms with Gasteiger partial charge in [0.05, 0.1) is 29.4 Å². The van der Waals surface area contributed by atoms with Crippen LogP contribution in [0.15, 0.2) is 41.3 Å². The summed E-state index contributed by atoms with van der Waals surface area (Å²) in [6.45, 7) is 0. The van der Waals surface area contributed by atoms with Crippen LogP contribution in [0.5, 0.6) is 5.75 Å². The number of aromatic nitrogens is 2. The number of carbonyl (C=O) groups excluding carboxylic acids is 1. The highest BCUT2D eigenvalue weighted by atomic mass is 32.1. The summed E-state index contributed by atoms with van der Waals surface area (Å²) >= 11 is 0.648. The number of benzene rings is 2. The summed E-state index contributed by atoms with van der Waals surface area (Å²) in [7, 11) is 3.12. The number of carbonyl (C=O) groups is 1. The predicted molar refractivity (Wildman–Crippen MR) is 105 cm³/mol. The summed E-state index contributed by atoms with van der Waals surface area (Å²) in [6, 6.07) is 9.16. The van der Waals surface area contributed by atoms with Crippen LogP contribution in [0.1, 0.15) is 10.4 Å². The van der Waals surface area contributed by atoms with Gasteiger partial charge in [0.25, 0.3) is 0 Å². The maximum Gasteiger partial charge on any atom is 0.573 e. The third-order valence-corrected chi connectivity index (χ3v) is 5.28. The molecule has 0 bridgehead atoms. The highest BCUT2D eigenvalue weighted by molar-refractivity contribution is 7.99. The van der Waals surface area contributed by atoms with Gasteiger partial charge in [-0.05, 0) is 36.4 Å². The van der Waals surface area contributed by atoms with Gasteiger partial charge in [-0.25, -0.2) is 9.78 Å². The Labute approximate surface area is 166 Å². The van der Waals surface area contributed by atoms with Crippen molar-refractivity contribution >= 4 is 45.1 Å². The minimum Gasteiger partial charge on any atom is -0.465 e. The first-order valence-corrected chi connectivity index (χ1v) is 9.20. The van der Waals surface area contributed by atoms with Gasteiger partial charge in [0.2, 0.25) is 5.95 Å². The second-order valence-electron chi connectivity index (χ2n) is 6.13. The largest absolute Gasteiger partial charge is 0.573 e. The maximum atomic E-state index is 12.4. The summed E-state index contributed by atoms with van der Waals surface area (Å²) in [5, 5.41) is 6.89. The van der Waals surface area contributed by atoms with Crippen molar-refractivity contribution in [1.29, 1.82) is 0 Å². The first-order chi connectivity index (χ1) is 13.7. The molecule has 0 aliphatic carbocycles. The average Bonchev–Trinajstić information content (AvgIpc) is 3.19. The Bertz CT molecular complexity index is 1160. The lowest BCUT2D eigenvalue weighted by Gasteiger charge is -2.10. The van der Waals surface area contributed by atoms with E-state index in [9.17, 15) is 18.0 Å². The third kappa shape index (κ3) is 3.86. The van der Waals surface area contributed by atoms with E-state index in [0.717, 1.165) is 5.52 Å². The summed E-state index contributed by atoms with van der Waals surface area (Å²) in [5.74, 6) is -0.216. The number of rotatable bonds is 3. The second-order valence-corrected chi connectivity index (χ2v) is 7.28. The van der Waals surface area contributed by atoms with Crippen LogP contribution in [0.25, 0.3) is 11.0 Å². The number of nitrogens with zero attached hydrogens (tertiary/aromatic N) is 2. The number of ether oxygens (including phenoxy) is 2. The normalized spacial score (nSPS) is 13.2. The summed E-state index contributed by atoms with van der Waals surface area (Å²) in [4.78, 5) is 16.8. The number of methoxy groups -OCH3 is 1. The molecule has 1 aromatic heterocycles. The zero-order valence-corrected chi connectivity index (χ0v) is 16.1. The van der Waals surface area contributed by atoms with Crippen molar-refractivity contribution in [2.24, 2.45) is 7.05 Å². The van der Waals surface area contributed by atoms with Crippen LogP contribution in [0.3, 0.4) is 0 Å². The van der Waals surface area contributed by atoms with Gasteiger partial charge in [-0.3, -0.25) is 0 Å². The van der Waals surface area contributed by atoms with Gasteiger partial charge in [-0.15, -0.1) is 24.5 Å². The first kappa shape index (κ1) is 19.1. The van der Waals surface area contributed by atoms with E-state index in [2.05, 4.69) is 20.4 Å². The molecule has 0 unspecified atom stereocenters. The Morgan fingerprint density at radius 3 is 2.76 bits per heavy atom. The maximum absolute atomic E-state index is 12.4. The number of aryl methyl sites for hydroxylation is 1. The molecule has 2 N–H and O–H groups in total. The third-order valence-electron chi connectivity index (χ3n) is 4.22. The number of halogens is 3. The van der Waals surface area contributed by atoms with Gasteiger partial charge in [0.1, 0.15) is 10.9 Å². The molecule has 2 heterocycles. The van der Waals surface area contributed by atoms with Gasteiger partial charge in [0, 0.05) is 11.9 Å². The van der Waals surface area contributed by atoms with E-state index in [1.165, 1.54) is 25.3 Å². The lowest BCUT2D eigenvalue weighted by Crippen LogP contribution is -2.19. The van der Waals surface area contributed by atoms with Gasteiger partial charge >= 0.3 is 12.3 Å². The Morgan fingerprint density at radius 2 is 2.03 bits per heavy atom. The second kappa shape index (κ2) is 6.99. The minimum atomic E-state index is -4.74. The number of nitrogens with one attached hydrogen (secondary N) is 2. The number of hydrogen-bond donors (Lipinski definition) is 3. The van der Waals surface area contributed by atoms with E-state index >= 15 is 0 Å². The van der Waals surface area contributed by atoms with E-state index in [0.29, 0.717) is 44.1 Å². The molecule has 2 aromatic carbocycles. The van der Waals surface area contributed by atoms with Gasteiger partial charge in [-0.2, -0.15) is 0 Å². The lowest BCUT2D eigenvalue weighted by molar-refractivity contribution is -0.274. The average molecular weight is 424 g/mol. The standard InChI is InChI=1S/C18H15F3N4O3S/c1-25-13-6-3-9(15(26)27-2)7-12(13)22-16(25)24-17-23-11-5-4-10(8-14(11)29-17)28-18(19,20)21/h3-8,23,29H,1-2H3,(H,22,24). The Balaban J connectivity index is 1.58. The SMILES string of the molecule is COC(=O)c1ccc2c(c1)nc(NC1=[SH]c3cc(OC(F)(F)F)ccc3N1)n2C. The fourth-order valence-corrected chi connectivity index (χ4v) is 3.92. The van der Waals surface area contributed by atoms with Crippen LogP contribution >= 0.6 is 11.4 Å². The zero-order valence-electron chi connectivity index (χ0n) is 15.2. The van der Waals surface area contributed by atoms with Crippen molar-refractivity contribution < 1.29 is 27.4 Å². The molecule has 0 radical (unpaired) electrons. The fourth-order valence-electron chi connectivity index (χ4n) is 2.90. The molecule has 29 heavy (non-hydrogen) atoms. The van der Waals surface area contributed by atoms with Crippen LogP contribution in [0, 0.1) is 0 Å². The van der Waals surface area contributed by atoms with Crippen molar-refractivity contribution in [2.75, 3.05) is 17.7 Å². The number of alkyl halides is 3. The lowest BCUT2D eigenvalue weighted by atomic mass is 10.2. The minimum absolute atomic E-state index is 0.273. The number of esters is 1. The Morgan fingerprint density at radius 1 is 1.24 bits per heavy atom. The highest BCUT2D eigenvalue weighted by Gasteiger charge is 2.31. The number of imidazole rings is 1. The zero-order chi connectivity index (χ0) is 20.8. The topological polar surface area (TPSA) is 77.4 Å². The smallest absolute Gasteiger partial charge is 0.465 e. The van der Waals surface area contributed by atoms with E-state index < -0.39 is 12.3 Å². The van der Waals surface area contributed by atoms with E-state index in [-0.39, 0.29) is 5.75 Å². The molecule has 0 atom stereocenters. The molecule has 1 aliphatic heterocycles. The number of anilines is 2. The number of thiol groups is 1. The van der Waals surface area contributed by atoms with E-state index in [1.807, 2.05) is 11.6 Å². The van der Waals surface area contributed by atoms with E-state index in [4.69, 9.17) is 4.74 Å². The van der Waals surface area contributed by atoms with Crippen LogP contribution < -0.4 is 15.4 Å². The summed E-state index contributed by atoms with van der Waals surface area (Å²) in [6.07, 6.45) is -4.74. The monoisotopic (exact) mass is 424 g/mol. The van der Waals surface area contributed by atoms with Crippen molar-refractivity contribution in [3.8, 4) is 5.75 Å². The van der Waals surface area contributed by atoms with Crippen molar-refractivity contribution in [2.45, 2.75) is 11.3 Å². The molecule has 11 heteroatoms. The quantitative estimate of drug-likeness (QED) is 0.338. The predicted octanol–water partition coefficient (Wildman–Crippen LogP) is 3.71. The molecule has 152 valence electrons. The molecule has 0 spiro atoms. The van der Waals surface area contributed by atoms with Gasteiger partial charge < -0.3 is 24.7 Å². The van der Waals surface area contributed by atoms with Crippen molar-refractivity contribution in [3.05, 3.63) is 42.0 Å². The van der Waals surface area contributed by atoms with Crippen molar-refractivity contribution in [3.63, 3.8) is 0 Å². The number of fused-ring (bicyclic) bond motifs is 2.